The number of hydrogen-bond donors (Lipinski definition) is 2. The SMILES string of the molecule is CC(C)(C)C(C)(C)CCCNCCN. The van der Waals surface area contributed by atoms with E-state index < -0.39 is 0 Å². The molecular formula is C12H28N2. The Kier molecular flexibility index (Phi) is 5.68. The Morgan fingerprint density at radius 1 is 1.00 bits per heavy atom. The molecular weight excluding hydrogens is 172 g/mol. The summed E-state index contributed by atoms with van der Waals surface area (Å²) < 4.78 is 0. The zero-order valence-electron chi connectivity index (χ0n) is 10.6. The fraction of sp³-hybridized carbons (Fsp3) is 1.00. The van der Waals surface area contributed by atoms with Crippen LogP contribution in [0, 0.1) is 10.8 Å². The van der Waals surface area contributed by atoms with Crippen molar-refractivity contribution in [1.29, 1.82) is 0 Å². The van der Waals surface area contributed by atoms with E-state index in [2.05, 4.69) is 39.9 Å². The van der Waals surface area contributed by atoms with E-state index in [4.69, 9.17) is 5.73 Å². The van der Waals surface area contributed by atoms with Crippen LogP contribution in [0.1, 0.15) is 47.5 Å². The lowest BCUT2D eigenvalue weighted by molar-refractivity contribution is 0.117. The Balaban J connectivity index is 3.67. The molecule has 0 spiro atoms. The van der Waals surface area contributed by atoms with Crippen LogP contribution in [0.3, 0.4) is 0 Å². The smallest absolute Gasteiger partial charge is 0.00745 e. The molecule has 0 aliphatic rings. The van der Waals surface area contributed by atoms with Gasteiger partial charge in [-0.15, -0.1) is 0 Å². The summed E-state index contributed by atoms with van der Waals surface area (Å²) in [5.74, 6) is 0. The first-order valence-electron chi connectivity index (χ1n) is 5.72. The molecule has 3 N–H and O–H groups in total. The summed E-state index contributed by atoms with van der Waals surface area (Å²) in [6, 6.07) is 0. The van der Waals surface area contributed by atoms with Crippen LogP contribution in [0.5, 0.6) is 0 Å². The summed E-state index contributed by atoms with van der Waals surface area (Å²) >= 11 is 0. The standard InChI is InChI=1S/C12H28N2/c1-11(2,3)12(4,5)7-6-9-14-10-8-13/h14H,6-10,13H2,1-5H3. The maximum Gasteiger partial charge on any atom is 0.00745 e. The Morgan fingerprint density at radius 2 is 1.57 bits per heavy atom. The first kappa shape index (κ1) is 13.9. The quantitative estimate of drug-likeness (QED) is 0.646. The van der Waals surface area contributed by atoms with Gasteiger partial charge in [0.25, 0.3) is 0 Å². The van der Waals surface area contributed by atoms with Gasteiger partial charge in [-0.1, -0.05) is 34.6 Å². The zero-order chi connectivity index (χ0) is 11.2. The second-order valence-corrected chi connectivity index (χ2v) is 5.78. The number of nitrogens with two attached hydrogens (primary N) is 1. The van der Waals surface area contributed by atoms with Crippen molar-refractivity contribution in [3.8, 4) is 0 Å². The van der Waals surface area contributed by atoms with Crippen molar-refractivity contribution >= 4 is 0 Å². The fourth-order valence-corrected chi connectivity index (χ4v) is 1.26. The highest BCUT2D eigenvalue weighted by atomic mass is 14.9. The van der Waals surface area contributed by atoms with Crippen molar-refractivity contribution in [2.24, 2.45) is 16.6 Å². The highest BCUT2D eigenvalue weighted by Crippen LogP contribution is 2.41. The summed E-state index contributed by atoms with van der Waals surface area (Å²) in [6.07, 6.45) is 2.51. The van der Waals surface area contributed by atoms with Crippen molar-refractivity contribution in [1.82, 2.24) is 5.32 Å². The molecule has 0 saturated heterocycles. The Labute approximate surface area is 89.6 Å². The molecule has 0 fully saturated rings. The van der Waals surface area contributed by atoms with E-state index in [1.54, 1.807) is 0 Å². The normalized spacial score (nSPS) is 13.3. The molecule has 0 aromatic rings. The molecule has 0 aliphatic carbocycles. The first-order valence-corrected chi connectivity index (χ1v) is 5.72. The average Bonchev–Trinajstić information content (AvgIpc) is 2.02. The summed E-state index contributed by atoms with van der Waals surface area (Å²) in [5, 5.41) is 3.33. The predicted molar refractivity (Wildman–Crippen MR) is 64.4 cm³/mol. The van der Waals surface area contributed by atoms with E-state index >= 15 is 0 Å². The Hall–Kier alpha value is -0.0800. The van der Waals surface area contributed by atoms with Gasteiger partial charge in [0, 0.05) is 13.1 Å². The van der Waals surface area contributed by atoms with Crippen molar-refractivity contribution in [3.63, 3.8) is 0 Å². The molecule has 0 rings (SSSR count). The van der Waals surface area contributed by atoms with E-state index in [0.29, 0.717) is 10.8 Å². The molecule has 0 atom stereocenters. The van der Waals surface area contributed by atoms with E-state index in [0.717, 1.165) is 19.6 Å². The minimum Gasteiger partial charge on any atom is -0.329 e. The van der Waals surface area contributed by atoms with Crippen LogP contribution in [-0.2, 0) is 0 Å². The van der Waals surface area contributed by atoms with Crippen LogP contribution in [0.25, 0.3) is 0 Å². The molecule has 0 heterocycles. The van der Waals surface area contributed by atoms with Crippen LogP contribution >= 0.6 is 0 Å². The van der Waals surface area contributed by atoms with Gasteiger partial charge >= 0.3 is 0 Å². The average molecular weight is 200 g/mol. The number of hydrogen-bond acceptors (Lipinski definition) is 2. The van der Waals surface area contributed by atoms with Gasteiger partial charge in [0.1, 0.15) is 0 Å². The van der Waals surface area contributed by atoms with E-state index in [-0.39, 0.29) is 0 Å². The molecule has 86 valence electrons. The lowest BCUT2D eigenvalue weighted by Gasteiger charge is -2.39. The van der Waals surface area contributed by atoms with Gasteiger partial charge in [-0.25, -0.2) is 0 Å². The van der Waals surface area contributed by atoms with Gasteiger partial charge in [-0.3, -0.25) is 0 Å². The minimum atomic E-state index is 0.390. The van der Waals surface area contributed by atoms with Crippen LogP contribution in [0.2, 0.25) is 0 Å². The highest BCUT2D eigenvalue weighted by molar-refractivity contribution is 4.82. The minimum absolute atomic E-state index is 0.390. The molecule has 14 heavy (non-hydrogen) atoms. The van der Waals surface area contributed by atoms with Crippen LogP contribution < -0.4 is 11.1 Å². The lowest BCUT2D eigenvalue weighted by atomic mass is 9.67. The fourth-order valence-electron chi connectivity index (χ4n) is 1.26. The predicted octanol–water partition coefficient (Wildman–Crippen LogP) is 2.39. The largest absolute Gasteiger partial charge is 0.329 e. The summed E-state index contributed by atoms with van der Waals surface area (Å²) in [4.78, 5) is 0. The first-order chi connectivity index (χ1) is 6.31. The molecule has 0 aliphatic heterocycles. The van der Waals surface area contributed by atoms with Crippen molar-refractivity contribution < 1.29 is 0 Å². The van der Waals surface area contributed by atoms with E-state index in [9.17, 15) is 0 Å². The molecule has 2 heteroatoms. The highest BCUT2D eigenvalue weighted by Gasteiger charge is 2.31. The summed E-state index contributed by atoms with van der Waals surface area (Å²) in [6.45, 7) is 14.4. The lowest BCUT2D eigenvalue weighted by Crippen LogP contribution is -2.31. The number of nitrogens with one attached hydrogen (secondary N) is 1. The van der Waals surface area contributed by atoms with Crippen molar-refractivity contribution in [2.75, 3.05) is 19.6 Å². The maximum atomic E-state index is 5.40. The van der Waals surface area contributed by atoms with E-state index in [1.165, 1.54) is 12.8 Å². The Morgan fingerprint density at radius 3 is 2.00 bits per heavy atom. The van der Waals surface area contributed by atoms with Crippen LogP contribution in [-0.4, -0.2) is 19.6 Å². The van der Waals surface area contributed by atoms with Gasteiger partial charge < -0.3 is 11.1 Å². The molecule has 0 bridgehead atoms. The zero-order valence-corrected chi connectivity index (χ0v) is 10.6. The third kappa shape index (κ3) is 4.97. The Bertz CT molecular complexity index is 145. The van der Waals surface area contributed by atoms with Gasteiger partial charge in [0.15, 0.2) is 0 Å². The molecule has 0 amide bonds. The summed E-state index contributed by atoms with van der Waals surface area (Å²) in [7, 11) is 0. The van der Waals surface area contributed by atoms with Crippen molar-refractivity contribution in [2.45, 2.75) is 47.5 Å². The monoisotopic (exact) mass is 200 g/mol. The molecule has 2 nitrogen and oxygen atoms in total. The summed E-state index contributed by atoms with van der Waals surface area (Å²) in [5.41, 5.74) is 6.21. The second-order valence-electron chi connectivity index (χ2n) is 5.78. The molecule has 0 unspecified atom stereocenters. The van der Waals surface area contributed by atoms with Crippen molar-refractivity contribution in [3.05, 3.63) is 0 Å². The van der Waals surface area contributed by atoms with Crippen LogP contribution in [0.4, 0.5) is 0 Å². The van der Waals surface area contributed by atoms with Gasteiger partial charge in [0.05, 0.1) is 0 Å². The van der Waals surface area contributed by atoms with Crippen LogP contribution in [0.15, 0.2) is 0 Å². The topological polar surface area (TPSA) is 38.0 Å². The van der Waals surface area contributed by atoms with Gasteiger partial charge in [-0.05, 0) is 30.2 Å². The van der Waals surface area contributed by atoms with E-state index in [1.807, 2.05) is 0 Å². The number of rotatable bonds is 6. The third-order valence-corrected chi connectivity index (χ3v) is 3.51. The molecule has 0 saturated carbocycles. The molecule has 0 radical (unpaired) electrons. The maximum absolute atomic E-state index is 5.40. The molecule has 0 aromatic carbocycles. The second kappa shape index (κ2) is 5.72. The van der Waals surface area contributed by atoms with Gasteiger partial charge in [0.2, 0.25) is 0 Å². The van der Waals surface area contributed by atoms with Gasteiger partial charge in [-0.2, -0.15) is 0 Å². The molecule has 0 aromatic heterocycles. The third-order valence-electron chi connectivity index (χ3n) is 3.51.